The molecule has 0 aromatic heterocycles. The van der Waals surface area contributed by atoms with Crippen molar-refractivity contribution >= 4 is 11.9 Å². The van der Waals surface area contributed by atoms with Crippen LogP contribution in [0.25, 0.3) is 0 Å². The topological polar surface area (TPSA) is 101 Å². The average molecular weight is 332 g/mol. The van der Waals surface area contributed by atoms with E-state index in [0.717, 1.165) is 0 Å². The molecule has 1 N–H and O–H groups in total. The van der Waals surface area contributed by atoms with Crippen LogP contribution in [0.3, 0.4) is 0 Å². The van der Waals surface area contributed by atoms with Gasteiger partial charge in [-0.2, -0.15) is 0 Å². The minimum atomic E-state index is -1.89. The molecule has 0 radical (unpaired) electrons. The number of carbonyl (C=O) groups is 2. The third-order valence-corrected chi connectivity index (χ3v) is 4.38. The number of rotatable bonds is 3. The molecule has 132 valence electrons. The third kappa shape index (κ3) is 2.73. The van der Waals surface area contributed by atoms with Crippen LogP contribution in [-0.4, -0.2) is 60.1 Å². The van der Waals surface area contributed by atoms with Crippen LogP contribution in [-0.2, 0) is 33.3 Å². The van der Waals surface area contributed by atoms with E-state index in [9.17, 15) is 14.7 Å². The fraction of sp³-hybridized carbons (Fsp3) is 0.867. The molecular formula is C15H24O8. The van der Waals surface area contributed by atoms with Gasteiger partial charge in [0, 0.05) is 6.42 Å². The molecule has 8 nitrogen and oxygen atoms in total. The highest BCUT2D eigenvalue weighted by Gasteiger charge is 2.74. The molecule has 0 spiro atoms. The van der Waals surface area contributed by atoms with E-state index in [4.69, 9.17) is 23.7 Å². The molecule has 0 amide bonds. The Kier molecular flexibility index (Phi) is 4.26. The Bertz CT molecular complexity index is 514. The number of aliphatic hydroxyl groups is 1. The summed E-state index contributed by atoms with van der Waals surface area (Å²) >= 11 is 0. The molecule has 2 aliphatic rings. The van der Waals surface area contributed by atoms with Crippen molar-refractivity contribution in [3.05, 3.63) is 0 Å². The van der Waals surface area contributed by atoms with Gasteiger partial charge in [-0.25, -0.2) is 9.59 Å². The van der Waals surface area contributed by atoms with Crippen LogP contribution >= 0.6 is 0 Å². The molecule has 2 rings (SSSR count). The van der Waals surface area contributed by atoms with E-state index in [2.05, 4.69) is 0 Å². The molecule has 2 heterocycles. The van der Waals surface area contributed by atoms with Gasteiger partial charge in [0.2, 0.25) is 11.7 Å². The first-order valence-corrected chi connectivity index (χ1v) is 7.40. The second-order valence-electron chi connectivity index (χ2n) is 6.76. The highest BCUT2D eigenvalue weighted by molar-refractivity contribution is 5.91. The number of hydrogen-bond acceptors (Lipinski definition) is 8. The summed E-state index contributed by atoms with van der Waals surface area (Å²) in [5.41, 5.74) is -3.23. The predicted octanol–water partition coefficient (Wildman–Crippen LogP) is 0.500. The van der Waals surface area contributed by atoms with Gasteiger partial charge in [-0.15, -0.1) is 0 Å². The highest BCUT2D eigenvalue weighted by atomic mass is 16.8. The zero-order valence-electron chi connectivity index (χ0n) is 14.3. The van der Waals surface area contributed by atoms with E-state index in [0.29, 0.717) is 0 Å². The molecule has 0 saturated carbocycles. The summed E-state index contributed by atoms with van der Waals surface area (Å²) in [6.07, 6.45) is -0.851. The van der Waals surface area contributed by atoms with Gasteiger partial charge in [-0.3, -0.25) is 0 Å². The predicted molar refractivity (Wildman–Crippen MR) is 76.1 cm³/mol. The Morgan fingerprint density at radius 1 is 1.04 bits per heavy atom. The van der Waals surface area contributed by atoms with Crippen LogP contribution in [0.5, 0.6) is 0 Å². The molecule has 0 aromatic rings. The Labute approximate surface area is 135 Å². The molecule has 2 aliphatic heterocycles. The molecule has 0 aliphatic carbocycles. The molecule has 4 atom stereocenters. The van der Waals surface area contributed by atoms with E-state index in [1.165, 1.54) is 21.1 Å². The Morgan fingerprint density at radius 3 is 2.09 bits per heavy atom. The second-order valence-corrected chi connectivity index (χ2v) is 6.76. The molecule has 0 aromatic carbocycles. The highest BCUT2D eigenvalue weighted by Crippen LogP contribution is 2.52. The quantitative estimate of drug-likeness (QED) is 0.746. The summed E-state index contributed by atoms with van der Waals surface area (Å²) in [6, 6.07) is 0. The summed E-state index contributed by atoms with van der Waals surface area (Å²) in [5.74, 6) is -4.29. The van der Waals surface area contributed by atoms with E-state index in [1.54, 1.807) is 20.8 Å². The van der Waals surface area contributed by atoms with Gasteiger partial charge < -0.3 is 28.8 Å². The Balaban J connectivity index is 2.59. The van der Waals surface area contributed by atoms with Gasteiger partial charge in [-0.05, 0) is 34.1 Å². The van der Waals surface area contributed by atoms with Crippen molar-refractivity contribution in [1.29, 1.82) is 0 Å². The number of ether oxygens (including phenoxy) is 5. The van der Waals surface area contributed by atoms with Crippen molar-refractivity contribution in [2.24, 2.45) is 0 Å². The molecule has 2 unspecified atom stereocenters. The van der Waals surface area contributed by atoms with Crippen LogP contribution < -0.4 is 0 Å². The smallest absolute Gasteiger partial charge is 0.344 e. The van der Waals surface area contributed by atoms with Crippen molar-refractivity contribution in [2.75, 3.05) is 14.2 Å². The number of carbonyl (C=O) groups excluding carboxylic acids is 2. The number of methoxy groups -OCH3 is 2. The Hall–Kier alpha value is -1.22. The van der Waals surface area contributed by atoms with Crippen molar-refractivity contribution < 1.29 is 38.4 Å². The molecule has 8 heteroatoms. The third-order valence-electron chi connectivity index (χ3n) is 4.38. The van der Waals surface area contributed by atoms with Crippen molar-refractivity contribution in [3.8, 4) is 0 Å². The van der Waals surface area contributed by atoms with Crippen molar-refractivity contribution in [2.45, 2.75) is 69.4 Å². The monoisotopic (exact) mass is 332 g/mol. The van der Waals surface area contributed by atoms with Gasteiger partial charge in [0.15, 0.2) is 11.6 Å². The fourth-order valence-electron chi connectivity index (χ4n) is 3.37. The van der Waals surface area contributed by atoms with Crippen LogP contribution in [0.2, 0.25) is 0 Å². The first-order valence-electron chi connectivity index (χ1n) is 7.40. The maximum absolute atomic E-state index is 12.7. The summed E-state index contributed by atoms with van der Waals surface area (Å²) in [4.78, 5) is 24.9. The summed E-state index contributed by atoms with van der Waals surface area (Å²) in [5, 5.41) is 10.2. The van der Waals surface area contributed by atoms with Crippen molar-refractivity contribution in [3.63, 3.8) is 0 Å². The zero-order valence-corrected chi connectivity index (χ0v) is 14.3. The lowest BCUT2D eigenvalue weighted by Crippen LogP contribution is -2.66. The summed E-state index contributed by atoms with van der Waals surface area (Å²) < 4.78 is 26.9. The van der Waals surface area contributed by atoms with E-state index >= 15 is 0 Å². The van der Waals surface area contributed by atoms with Gasteiger partial charge in [0.1, 0.15) is 5.60 Å². The lowest BCUT2D eigenvalue weighted by atomic mass is 9.77. The summed E-state index contributed by atoms with van der Waals surface area (Å²) in [7, 11) is 2.37. The van der Waals surface area contributed by atoms with Crippen molar-refractivity contribution in [1.82, 2.24) is 0 Å². The minimum absolute atomic E-state index is 0.264. The Morgan fingerprint density at radius 2 is 1.65 bits per heavy atom. The zero-order chi connectivity index (χ0) is 17.7. The van der Waals surface area contributed by atoms with Gasteiger partial charge in [-0.1, -0.05) is 0 Å². The van der Waals surface area contributed by atoms with E-state index in [1.807, 2.05) is 0 Å². The number of hydrogen-bond donors (Lipinski definition) is 1. The molecule has 2 fully saturated rings. The molecule has 0 bridgehead atoms. The van der Waals surface area contributed by atoms with Gasteiger partial charge >= 0.3 is 11.9 Å². The molecule has 23 heavy (non-hydrogen) atoms. The van der Waals surface area contributed by atoms with Gasteiger partial charge in [0.05, 0.1) is 14.2 Å². The van der Waals surface area contributed by atoms with Crippen LogP contribution in [0.15, 0.2) is 0 Å². The lowest BCUT2D eigenvalue weighted by Gasteiger charge is -2.42. The second kappa shape index (κ2) is 5.41. The van der Waals surface area contributed by atoms with E-state index in [-0.39, 0.29) is 12.8 Å². The average Bonchev–Trinajstić information content (AvgIpc) is 2.92. The standard InChI is InChI=1S/C15H24O8/c1-12(2)21-9(10(16)19-5)15(22-12,11(17)20-6)13(3)7-8-14(4,18)23-13/h9,18H,7-8H2,1-6H3/t9-,13?,14?,15-/m1/s1. The van der Waals surface area contributed by atoms with Gasteiger partial charge in [0.25, 0.3) is 0 Å². The molecule has 2 saturated heterocycles. The SMILES string of the molecule is COC(=O)[C@H]1OC(C)(C)O[C@]1(C(=O)OC)C1(C)CCC(C)(O)O1. The van der Waals surface area contributed by atoms with Crippen LogP contribution in [0.1, 0.15) is 40.5 Å². The van der Waals surface area contributed by atoms with Crippen LogP contribution in [0, 0.1) is 0 Å². The maximum atomic E-state index is 12.7. The fourth-order valence-corrected chi connectivity index (χ4v) is 3.37. The maximum Gasteiger partial charge on any atom is 0.344 e. The van der Waals surface area contributed by atoms with Crippen LogP contribution in [0.4, 0.5) is 0 Å². The van der Waals surface area contributed by atoms with E-state index < -0.39 is 40.8 Å². The number of esters is 2. The normalized spacial score (nSPS) is 42.5. The minimum Gasteiger partial charge on any atom is -0.467 e. The molecular weight excluding hydrogens is 308 g/mol. The summed E-state index contributed by atoms with van der Waals surface area (Å²) in [6.45, 7) is 6.22. The lowest BCUT2D eigenvalue weighted by molar-refractivity contribution is -0.272. The first-order chi connectivity index (χ1) is 10.4. The first kappa shape index (κ1) is 18.1. The largest absolute Gasteiger partial charge is 0.467 e.